The predicted molar refractivity (Wildman–Crippen MR) is 132 cm³/mol. The highest BCUT2D eigenvalue weighted by atomic mass is 35.5. The Morgan fingerprint density at radius 1 is 0.969 bits per heavy atom. The maximum atomic E-state index is 13.7. The molecule has 1 aliphatic rings. The lowest BCUT2D eigenvalue weighted by molar-refractivity contribution is 0.0948. The molecular formula is C26H27ClN4O. The number of anilines is 1. The number of hydrogen-bond donors (Lipinski definition) is 2. The minimum atomic E-state index is -0.452. The quantitative estimate of drug-likeness (QED) is 0.418. The van der Waals surface area contributed by atoms with E-state index in [0.29, 0.717) is 22.7 Å². The molecule has 1 heterocycles. The monoisotopic (exact) mass is 446 g/mol. The molecule has 32 heavy (non-hydrogen) atoms. The van der Waals surface area contributed by atoms with E-state index in [1.165, 1.54) is 0 Å². The fourth-order valence-electron chi connectivity index (χ4n) is 4.91. The Morgan fingerprint density at radius 3 is 2.25 bits per heavy atom. The molecule has 1 aliphatic heterocycles. The van der Waals surface area contributed by atoms with Crippen LogP contribution in [0, 0.1) is 0 Å². The molecule has 4 rings (SSSR count). The van der Waals surface area contributed by atoms with Gasteiger partial charge in [-0.15, -0.1) is 0 Å². The van der Waals surface area contributed by atoms with E-state index in [4.69, 9.17) is 23.1 Å². The number of nitrogens with zero attached hydrogens (tertiary/aromatic N) is 2. The summed E-state index contributed by atoms with van der Waals surface area (Å²) in [5.74, 6) is -0.0453. The summed E-state index contributed by atoms with van der Waals surface area (Å²) in [4.78, 5) is 19.8. The molecule has 6 heteroatoms. The van der Waals surface area contributed by atoms with Gasteiger partial charge < -0.3 is 16.4 Å². The van der Waals surface area contributed by atoms with Crippen LogP contribution < -0.4 is 16.4 Å². The van der Waals surface area contributed by atoms with E-state index in [2.05, 4.69) is 25.8 Å². The number of halogens is 1. The van der Waals surface area contributed by atoms with Crippen molar-refractivity contribution in [3.8, 4) is 0 Å². The van der Waals surface area contributed by atoms with Gasteiger partial charge in [-0.05, 0) is 73.9 Å². The first-order chi connectivity index (χ1) is 15.1. The molecule has 1 amide bonds. The molecule has 0 fully saturated rings. The second-order valence-corrected chi connectivity index (χ2v) is 9.51. The van der Waals surface area contributed by atoms with Gasteiger partial charge in [0, 0.05) is 27.2 Å². The van der Waals surface area contributed by atoms with Crippen LogP contribution in [0.15, 0.2) is 77.8 Å². The lowest BCUT2D eigenvalue weighted by atomic mass is 9.65. The first kappa shape index (κ1) is 21.9. The average molecular weight is 447 g/mol. The highest BCUT2D eigenvalue weighted by Crippen LogP contribution is 2.51. The van der Waals surface area contributed by atoms with Gasteiger partial charge in [0.15, 0.2) is 5.96 Å². The molecule has 164 valence electrons. The molecule has 1 unspecified atom stereocenters. The number of amides is 1. The number of hydrogen-bond acceptors (Lipinski definition) is 2. The highest BCUT2D eigenvalue weighted by Gasteiger charge is 2.48. The van der Waals surface area contributed by atoms with Crippen molar-refractivity contribution in [1.29, 1.82) is 0 Å². The van der Waals surface area contributed by atoms with Crippen molar-refractivity contribution in [2.24, 2.45) is 16.5 Å². The Hall–Kier alpha value is -3.31. The summed E-state index contributed by atoms with van der Waals surface area (Å²) < 4.78 is 0. The summed E-state index contributed by atoms with van der Waals surface area (Å²) in [6.45, 7) is 6.41. The summed E-state index contributed by atoms with van der Waals surface area (Å²) >= 11 is 6.17. The van der Waals surface area contributed by atoms with E-state index in [9.17, 15) is 4.79 Å². The third-order valence-electron chi connectivity index (χ3n) is 6.17. The van der Waals surface area contributed by atoms with Gasteiger partial charge >= 0.3 is 0 Å². The number of nitrogens with two attached hydrogens (primary N) is 2. The molecule has 1 atom stereocenters. The largest absolute Gasteiger partial charge is 0.370 e. The van der Waals surface area contributed by atoms with Gasteiger partial charge in [-0.1, -0.05) is 48.9 Å². The third-order valence-corrected chi connectivity index (χ3v) is 6.42. The van der Waals surface area contributed by atoms with Crippen LogP contribution in [0.5, 0.6) is 0 Å². The van der Waals surface area contributed by atoms with Crippen molar-refractivity contribution in [1.82, 2.24) is 0 Å². The Balaban J connectivity index is 1.95. The number of carbonyl (C=O) groups is 1. The first-order valence-corrected chi connectivity index (χ1v) is 10.9. The van der Waals surface area contributed by atoms with E-state index < -0.39 is 5.54 Å². The summed E-state index contributed by atoms with van der Waals surface area (Å²) in [6.07, 6.45) is 0.707. The lowest BCUT2D eigenvalue weighted by Crippen LogP contribution is -2.55. The van der Waals surface area contributed by atoms with Crippen LogP contribution in [-0.4, -0.2) is 17.4 Å². The number of carbonyl (C=O) groups excluding carboxylic acids is 1. The minimum Gasteiger partial charge on any atom is -0.370 e. The molecular weight excluding hydrogens is 420 g/mol. The number of benzene rings is 3. The summed E-state index contributed by atoms with van der Waals surface area (Å²) in [7, 11) is 0. The van der Waals surface area contributed by atoms with E-state index >= 15 is 0 Å². The van der Waals surface area contributed by atoms with Gasteiger partial charge in [-0.3, -0.25) is 4.79 Å². The first-order valence-electron chi connectivity index (χ1n) is 10.5. The zero-order valence-electron chi connectivity index (χ0n) is 18.5. The van der Waals surface area contributed by atoms with Crippen molar-refractivity contribution in [3.63, 3.8) is 0 Å². The predicted octanol–water partition coefficient (Wildman–Crippen LogP) is 5.38. The van der Waals surface area contributed by atoms with Crippen molar-refractivity contribution < 1.29 is 4.79 Å². The van der Waals surface area contributed by atoms with Gasteiger partial charge in [-0.25, -0.2) is 4.99 Å². The number of aliphatic imine (C=N–C) groups is 1. The molecule has 3 aromatic rings. The minimum absolute atomic E-state index is 0.00787. The molecule has 0 spiro atoms. The van der Waals surface area contributed by atoms with Crippen molar-refractivity contribution in [2.45, 2.75) is 38.1 Å². The molecule has 5 nitrogen and oxygen atoms in total. The number of guanidine groups is 1. The molecule has 0 radical (unpaired) electrons. The maximum absolute atomic E-state index is 13.7. The molecule has 0 saturated carbocycles. The average Bonchev–Trinajstić information content (AvgIpc) is 2.74. The Labute approximate surface area is 193 Å². The Morgan fingerprint density at radius 2 is 1.62 bits per heavy atom. The van der Waals surface area contributed by atoms with Crippen LogP contribution in [0.4, 0.5) is 11.4 Å². The molecule has 0 bridgehead atoms. The normalized spacial score (nSPS) is 19.2. The van der Waals surface area contributed by atoms with Crippen LogP contribution in [-0.2, 0) is 5.41 Å². The Bertz CT molecular complexity index is 1180. The highest BCUT2D eigenvalue weighted by molar-refractivity contribution is 6.30. The SMILES string of the molecule is CC1(c2ccc(Cl)cc2)CC(C)(C)N(C(=O)c2ccccc2)c2ccc(N=C(N)N)cc21. The maximum Gasteiger partial charge on any atom is 0.258 e. The van der Waals surface area contributed by atoms with E-state index in [1.807, 2.05) is 77.7 Å². The summed E-state index contributed by atoms with van der Waals surface area (Å²) in [6, 6.07) is 23.0. The number of fused-ring (bicyclic) bond motifs is 1. The van der Waals surface area contributed by atoms with Crippen molar-refractivity contribution >= 4 is 34.8 Å². The topological polar surface area (TPSA) is 84.7 Å². The van der Waals surface area contributed by atoms with Crippen LogP contribution in [0.2, 0.25) is 5.02 Å². The zero-order chi connectivity index (χ0) is 23.1. The smallest absolute Gasteiger partial charge is 0.258 e. The van der Waals surface area contributed by atoms with Gasteiger partial charge in [0.1, 0.15) is 0 Å². The van der Waals surface area contributed by atoms with E-state index in [-0.39, 0.29) is 17.3 Å². The lowest BCUT2D eigenvalue weighted by Gasteiger charge is -2.51. The molecule has 0 aliphatic carbocycles. The molecule has 3 aromatic carbocycles. The van der Waals surface area contributed by atoms with E-state index in [0.717, 1.165) is 16.8 Å². The van der Waals surface area contributed by atoms with Crippen LogP contribution in [0.25, 0.3) is 0 Å². The Kier molecular flexibility index (Phi) is 5.47. The van der Waals surface area contributed by atoms with E-state index in [1.54, 1.807) is 0 Å². The second-order valence-electron chi connectivity index (χ2n) is 9.07. The van der Waals surface area contributed by atoms with Crippen LogP contribution >= 0.6 is 11.6 Å². The molecule has 0 saturated heterocycles. The van der Waals surface area contributed by atoms with Crippen molar-refractivity contribution in [2.75, 3.05) is 4.90 Å². The molecule has 4 N–H and O–H groups in total. The number of rotatable bonds is 3. The van der Waals surface area contributed by atoms with Crippen LogP contribution in [0.3, 0.4) is 0 Å². The molecule has 0 aromatic heterocycles. The van der Waals surface area contributed by atoms with Gasteiger partial charge in [0.05, 0.1) is 5.69 Å². The van der Waals surface area contributed by atoms with Crippen LogP contribution in [0.1, 0.15) is 48.7 Å². The fourth-order valence-corrected chi connectivity index (χ4v) is 5.04. The zero-order valence-corrected chi connectivity index (χ0v) is 19.2. The summed E-state index contributed by atoms with van der Waals surface area (Å²) in [5.41, 5.74) is 14.7. The standard InChI is InChI=1S/C26H27ClN4O/c1-25(2)16-26(3,18-9-11-19(27)12-10-18)21-15-20(30-24(28)29)13-14-22(21)31(25)23(32)17-7-5-4-6-8-17/h4-15H,16H2,1-3H3,(H4,28,29,30). The third kappa shape index (κ3) is 3.84. The van der Waals surface area contributed by atoms with Gasteiger partial charge in [-0.2, -0.15) is 0 Å². The summed E-state index contributed by atoms with van der Waals surface area (Å²) in [5, 5.41) is 0.683. The van der Waals surface area contributed by atoms with Crippen molar-refractivity contribution in [3.05, 3.63) is 94.5 Å². The van der Waals surface area contributed by atoms with Gasteiger partial charge in [0.2, 0.25) is 0 Å². The van der Waals surface area contributed by atoms with Gasteiger partial charge in [0.25, 0.3) is 5.91 Å². The second kappa shape index (κ2) is 7.99. The fraction of sp³-hybridized carbons (Fsp3) is 0.231.